The maximum Gasteiger partial charge on any atom is 0.300 e. The largest absolute Gasteiger partial charge is 0.481 e. The first kappa shape index (κ1) is 11.4. The first-order valence-corrected chi connectivity index (χ1v) is 4.21. The zero-order valence-corrected chi connectivity index (χ0v) is 7.55. The molecule has 4 nitrogen and oxygen atoms in total. The Morgan fingerprint density at radius 1 is 1.25 bits per heavy atom. The van der Waals surface area contributed by atoms with Crippen molar-refractivity contribution in [3.05, 3.63) is 0 Å². The summed E-state index contributed by atoms with van der Waals surface area (Å²) in [6, 6.07) is 0. The number of carbonyl (C=O) groups is 1. The van der Waals surface area contributed by atoms with Crippen molar-refractivity contribution in [3.8, 4) is 0 Å². The van der Waals surface area contributed by atoms with Crippen LogP contribution in [0.3, 0.4) is 0 Å². The molecule has 0 heterocycles. The standard InChI is InChI=1S/C6H14N2.C2H4O2/c7-6(8)4-2-1-3-5-6;1-2(3)4/h1-5,7-8H2;1H3,(H,3,4). The lowest BCUT2D eigenvalue weighted by Gasteiger charge is -2.28. The van der Waals surface area contributed by atoms with Crippen LogP contribution in [-0.2, 0) is 4.79 Å². The highest BCUT2D eigenvalue weighted by Crippen LogP contribution is 2.20. The fourth-order valence-electron chi connectivity index (χ4n) is 1.21. The Balaban J connectivity index is 0.000000261. The van der Waals surface area contributed by atoms with Gasteiger partial charge in [-0.3, -0.25) is 4.79 Å². The van der Waals surface area contributed by atoms with E-state index >= 15 is 0 Å². The molecular weight excluding hydrogens is 156 g/mol. The number of carboxylic acid groups (broad SMARTS) is 1. The summed E-state index contributed by atoms with van der Waals surface area (Å²) in [5, 5.41) is 7.42. The first-order valence-electron chi connectivity index (χ1n) is 4.21. The van der Waals surface area contributed by atoms with Gasteiger partial charge in [-0.2, -0.15) is 0 Å². The molecule has 1 rings (SSSR count). The van der Waals surface area contributed by atoms with E-state index in [1.165, 1.54) is 19.3 Å². The molecule has 0 saturated heterocycles. The van der Waals surface area contributed by atoms with Crippen LogP contribution in [-0.4, -0.2) is 16.7 Å². The molecule has 0 amide bonds. The highest BCUT2D eigenvalue weighted by molar-refractivity contribution is 5.62. The van der Waals surface area contributed by atoms with Crippen LogP contribution in [0.25, 0.3) is 0 Å². The van der Waals surface area contributed by atoms with Gasteiger partial charge in [-0.05, 0) is 12.8 Å². The van der Waals surface area contributed by atoms with Gasteiger partial charge in [0, 0.05) is 6.92 Å². The van der Waals surface area contributed by atoms with E-state index in [1.54, 1.807) is 0 Å². The van der Waals surface area contributed by atoms with Crippen molar-refractivity contribution < 1.29 is 9.90 Å². The number of carboxylic acids is 1. The highest BCUT2D eigenvalue weighted by atomic mass is 16.4. The summed E-state index contributed by atoms with van der Waals surface area (Å²) in [6.45, 7) is 1.08. The molecule has 0 radical (unpaired) electrons. The SMILES string of the molecule is CC(=O)O.NC1(N)CCCCC1. The average Bonchev–Trinajstić information content (AvgIpc) is 1.85. The maximum atomic E-state index is 9.00. The Morgan fingerprint density at radius 3 is 1.75 bits per heavy atom. The van der Waals surface area contributed by atoms with Gasteiger partial charge >= 0.3 is 0 Å². The Kier molecular flexibility index (Phi) is 4.85. The molecule has 72 valence electrons. The average molecular weight is 174 g/mol. The normalized spacial score (nSPS) is 20.6. The molecule has 0 spiro atoms. The van der Waals surface area contributed by atoms with Gasteiger partial charge < -0.3 is 16.6 Å². The van der Waals surface area contributed by atoms with Gasteiger partial charge in [0.1, 0.15) is 0 Å². The number of nitrogens with two attached hydrogens (primary N) is 2. The zero-order chi connectivity index (χ0) is 9.61. The van der Waals surface area contributed by atoms with E-state index in [1.807, 2.05) is 0 Å². The van der Waals surface area contributed by atoms with E-state index in [-0.39, 0.29) is 5.66 Å². The van der Waals surface area contributed by atoms with E-state index in [4.69, 9.17) is 21.4 Å². The topological polar surface area (TPSA) is 89.3 Å². The van der Waals surface area contributed by atoms with E-state index in [0.717, 1.165) is 19.8 Å². The molecule has 4 heteroatoms. The van der Waals surface area contributed by atoms with Crippen LogP contribution in [0.5, 0.6) is 0 Å². The molecule has 0 aromatic carbocycles. The van der Waals surface area contributed by atoms with Crippen LogP contribution in [0.1, 0.15) is 39.0 Å². The van der Waals surface area contributed by atoms with Crippen LogP contribution in [0.4, 0.5) is 0 Å². The minimum Gasteiger partial charge on any atom is -0.481 e. The number of hydrogen-bond donors (Lipinski definition) is 3. The summed E-state index contributed by atoms with van der Waals surface area (Å²) in [5.41, 5.74) is 11.0. The summed E-state index contributed by atoms with van der Waals surface area (Å²) in [7, 11) is 0. The predicted molar refractivity (Wildman–Crippen MR) is 47.5 cm³/mol. The molecule has 0 aromatic rings. The Morgan fingerprint density at radius 2 is 1.58 bits per heavy atom. The minimum absolute atomic E-state index is 0.321. The second-order valence-electron chi connectivity index (χ2n) is 3.31. The van der Waals surface area contributed by atoms with Gasteiger partial charge in [-0.25, -0.2) is 0 Å². The third-order valence-corrected chi connectivity index (χ3v) is 1.78. The van der Waals surface area contributed by atoms with Gasteiger partial charge in [0.25, 0.3) is 5.97 Å². The maximum absolute atomic E-state index is 9.00. The van der Waals surface area contributed by atoms with Gasteiger partial charge in [0.2, 0.25) is 0 Å². The number of hydrogen-bond acceptors (Lipinski definition) is 3. The van der Waals surface area contributed by atoms with Crippen LogP contribution < -0.4 is 11.5 Å². The number of rotatable bonds is 0. The predicted octanol–water partition coefficient (Wildman–Crippen LogP) is 0.655. The summed E-state index contributed by atoms with van der Waals surface area (Å²) >= 11 is 0. The van der Waals surface area contributed by atoms with Crippen molar-refractivity contribution >= 4 is 5.97 Å². The van der Waals surface area contributed by atoms with Crippen molar-refractivity contribution in [2.45, 2.75) is 44.7 Å². The Hall–Kier alpha value is -0.610. The molecule has 0 bridgehead atoms. The number of aliphatic carboxylic acids is 1. The Labute approximate surface area is 72.9 Å². The fourth-order valence-corrected chi connectivity index (χ4v) is 1.21. The first-order chi connectivity index (χ1) is 5.44. The molecule has 1 aliphatic rings. The van der Waals surface area contributed by atoms with Gasteiger partial charge in [0.15, 0.2) is 0 Å². The van der Waals surface area contributed by atoms with Crippen LogP contribution in [0.15, 0.2) is 0 Å². The molecule has 12 heavy (non-hydrogen) atoms. The van der Waals surface area contributed by atoms with Crippen LogP contribution in [0, 0.1) is 0 Å². The quantitative estimate of drug-likeness (QED) is 0.470. The van der Waals surface area contributed by atoms with E-state index in [0.29, 0.717) is 0 Å². The van der Waals surface area contributed by atoms with E-state index in [9.17, 15) is 0 Å². The molecule has 0 atom stereocenters. The van der Waals surface area contributed by atoms with Crippen LogP contribution >= 0.6 is 0 Å². The summed E-state index contributed by atoms with van der Waals surface area (Å²) in [5.74, 6) is -0.833. The molecule has 0 unspecified atom stereocenters. The molecule has 5 N–H and O–H groups in total. The van der Waals surface area contributed by atoms with E-state index < -0.39 is 5.97 Å². The third kappa shape index (κ3) is 7.50. The van der Waals surface area contributed by atoms with Crippen molar-refractivity contribution in [2.75, 3.05) is 0 Å². The molecule has 1 saturated carbocycles. The van der Waals surface area contributed by atoms with E-state index in [2.05, 4.69) is 0 Å². The second-order valence-corrected chi connectivity index (χ2v) is 3.31. The van der Waals surface area contributed by atoms with Crippen molar-refractivity contribution in [2.24, 2.45) is 11.5 Å². The molecule has 1 aliphatic carbocycles. The summed E-state index contributed by atoms with van der Waals surface area (Å²) in [4.78, 5) is 9.00. The van der Waals surface area contributed by atoms with Gasteiger partial charge in [-0.1, -0.05) is 19.3 Å². The van der Waals surface area contributed by atoms with Crippen molar-refractivity contribution in [1.82, 2.24) is 0 Å². The molecule has 0 aromatic heterocycles. The second kappa shape index (κ2) is 5.11. The molecule has 1 fully saturated rings. The monoisotopic (exact) mass is 174 g/mol. The lowest BCUT2D eigenvalue weighted by Crippen LogP contribution is -2.50. The van der Waals surface area contributed by atoms with Gasteiger partial charge in [0.05, 0.1) is 5.66 Å². The van der Waals surface area contributed by atoms with Crippen LogP contribution in [0.2, 0.25) is 0 Å². The lowest BCUT2D eigenvalue weighted by atomic mass is 9.91. The zero-order valence-electron chi connectivity index (χ0n) is 7.55. The smallest absolute Gasteiger partial charge is 0.300 e. The summed E-state index contributed by atoms with van der Waals surface area (Å²) in [6.07, 6.45) is 5.76. The third-order valence-electron chi connectivity index (χ3n) is 1.78. The fraction of sp³-hybridized carbons (Fsp3) is 0.875. The highest BCUT2D eigenvalue weighted by Gasteiger charge is 2.21. The van der Waals surface area contributed by atoms with Crippen molar-refractivity contribution in [3.63, 3.8) is 0 Å². The van der Waals surface area contributed by atoms with Crippen molar-refractivity contribution in [1.29, 1.82) is 0 Å². The molecular formula is C8H18N2O2. The Bertz CT molecular complexity index is 134. The molecule has 0 aliphatic heterocycles. The van der Waals surface area contributed by atoms with Gasteiger partial charge in [-0.15, -0.1) is 0 Å². The minimum atomic E-state index is -0.833. The lowest BCUT2D eigenvalue weighted by molar-refractivity contribution is -0.134. The summed E-state index contributed by atoms with van der Waals surface area (Å²) < 4.78 is 0.